The minimum Gasteiger partial charge on any atom is -0.479 e. The molecule has 0 spiro atoms. The largest absolute Gasteiger partial charge is 0.479 e. The molecule has 1 aliphatic heterocycles. The van der Waals surface area contributed by atoms with Gasteiger partial charge in [-0.2, -0.15) is 0 Å². The molecule has 2 rings (SSSR count). The van der Waals surface area contributed by atoms with E-state index in [1.807, 2.05) is 0 Å². The first-order chi connectivity index (χ1) is 11.2. The lowest BCUT2D eigenvalue weighted by Gasteiger charge is -2.35. The van der Waals surface area contributed by atoms with Crippen LogP contribution in [0.4, 0.5) is 0 Å². The van der Waals surface area contributed by atoms with E-state index in [1.54, 1.807) is 13.8 Å². The quantitative estimate of drug-likeness (QED) is 0.786. The number of rotatable bonds is 5. The molecule has 8 heteroatoms. The van der Waals surface area contributed by atoms with Crippen molar-refractivity contribution in [2.24, 2.45) is 5.92 Å². The van der Waals surface area contributed by atoms with E-state index in [-0.39, 0.29) is 25.6 Å². The highest BCUT2D eigenvalue weighted by atomic mass is 32.2. The van der Waals surface area contributed by atoms with Crippen molar-refractivity contribution in [3.63, 3.8) is 0 Å². The van der Waals surface area contributed by atoms with E-state index in [2.05, 4.69) is 0 Å². The molecule has 1 heterocycles. The first-order valence-corrected chi connectivity index (χ1v) is 10.2. The van der Waals surface area contributed by atoms with E-state index in [1.165, 1.54) is 4.90 Å². The maximum Gasteiger partial charge on any atom is 0.334 e. The molecular weight excluding hydrogens is 334 g/mol. The van der Waals surface area contributed by atoms with Crippen LogP contribution in [0.2, 0.25) is 0 Å². The molecule has 1 amide bonds. The fourth-order valence-electron chi connectivity index (χ4n) is 3.58. The molecular formula is C16H27NO6S. The van der Waals surface area contributed by atoms with Crippen LogP contribution in [0.15, 0.2) is 0 Å². The van der Waals surface area contributed by atoms with E-state index in [4.69, 9.17) is 9.84 Å². The maximum atomic E-state index is 13.0. The van der Waals surface area contributed by atoms with Gasteiger partial charge in [-0.25, -0.2) is 13.2 Å². The SMILES string of the molecule is CC(C)[C@H](C(=O)N1CCO[C@H](C(=O)O)C1)S(=O)(=O)C1CCCCC1. The van der Waals surface area contributed by atoms with Crippen LogP contribution in [-0.2, 0) is 24.2 Å². The van der Waals surface area contributed by atoms with Crippen LogP contribution in [0.3, 0.4) is 0 Å². The molecule has 7 nitrogen and oxygen atoms in total. The van der Waals surface area contributed by atoms with Crippen LogP contribution in [0.1, 0.15) is 46.0 Å². The predicted molar refractivity (Wildman–Crippen MR) is 88.4 cm³/mol. The molecule has 1 aliphatic carbocycles. The summed E-state index contributed by atoms with van der Waals surface area (Å²) in [5.74, 6) is -1.97. The molecule has 0 aromatic carbocycles. The van der Waals surface area contributed by atoms with Gasteiger partial charge in [0.25, 0.3) is 0 Å². The van der Waals surface area contributed by atoms with Gasteiger partial charge in [0.2, 0.25) is 5.91 Å². The van der Waals surface area contributed by atoms with Crippen molar-refractivity contribution in [2.45, 2.75) is 62.6 Å². The van der Waals surface area contributed by atoms with Gasteiger partial charge in [-0.15, -0.1) is 0 Å². The topological polar surface area (TPSA) is 101 Å². The average molecular weight is 361 g/mol. The van der Waals surface area contributed by atoms with Gasteiger partial charge in [0, 0.05) is 6.54 Å². The summed E-state index contributed by atoms with van der Waals surface area (Å²) < 4.78 is 31.2. The second-order valence-corrected chi connectivity index (χ2v) is 9.35. The van der Waals surface area contributed by atoms with Crippen molar-refractivity contribution in [1.29, 1.82) is 0 Å². The van der Waals surface area contributed by atoms with Crippen molar-refractivity contribution in [1.82, 2.24) is 4.90 Å². The third kappa shape index (κ3) is 4.08. The molecule has 1 N–H and O–H groups in total. The molecule has 2 aliphatic rings. The minimum atomic E-state index is -3.59. The van der Waals surface area contributed by atoms with Crippen LogP contribution in [0.25, 0.3) is 0 Å². The Bertz CT molecular complexity index is 567. The van der Waals surface area contributed by atoms with Crippen molar-refractivity contribution in [3.8, 4) is 0 Å². The van der Waals surface area contributed by atoms with E-state index < -0.39 is 38.3 Å². The lowest BCUT2D eigenvalue weighted by Crippen LogP contribution is -2.55. The molecule has 2 fully saturated rings. The zero-order chi connectivity index (χ0) is 17.9. The summed E-state index contributed by atoms with van der Waals surface area (Å²) in [4.78, 5) is 25.3. The highest BCUT2D eigenvalue weighted by Crippen LogP contribution is 2.30. The number of amides is 1. The Kier molecular flexibility index (Phi) is 6.25. The monoisotopic (exact) mass is 361 g/mol. The lowest BCUT2D eigenvalue weighted by atomic mass is 10.0. The second kappa shape index (κ2) is 7.82. The Morgan fingerprint density at radius 2 is 1.79 bits per heavy atom. The fourth-order valence-corrected chi connectivity index (χ4v) is 6.18. The second-order valence-electron chi connectivity index (χ2n) is 7.00. The minimum absolute atomic E-state index is 0.0996. The van der Waals surface area contributed by atoms with Crippen molar-refractivity contribution >= 4 is 21.7 Å². The highest BCUT2D eigenvalue weighted by Gasteiger charge is 2.44. The smallest absolute Gasteiger partial charge is 0.334 e. The molecule has 24 heavy (non-hydrogen) atoms. The summed E-state index contributed by atoms with van der Waals surface area (Å²) in [7, 11) is -3.59. The van der Waals surface area contributed by atoms with Crippen molar-refractivity contribution < 1.29 is 27.9 Å². The third-order valence-corrected chi connectivity index (χ3v) is 7.73. The molecule has 0 radical (unpaired) electrons. The number of sulfone groups is 1. The molecule has 1 saturated carbocycles. The van der Waals surface area contributed by atoms with Gasteiger partial charge < -0.3 is 14.7 Å². The van der Waals surface area contributed by atoms with E-state index >= 15 is 0 Å². The van der Waals surface area contributed by atoms with Gasteiger partial charge in [0.15, 0.2) is 15.9 Å². The van der Waals surface area contributed by atoms with Crippen LogP contribution in [0, 0.1) is 5.92 Å². The van der Waals surface area contributed by atoms with Gasteiger partial charge in [-0.05, 0) is 18.8 Å². The molecule has 0 unspecified atom stereocenters. The number of aliphatic carboxylic acids is 1. The Labute approximate surface area is 143 Å². The Morgan fingerprint density at radius 1 is 1.17 bits per heavy atom. The zero-order valence-corrected chi connectivity index (χ0v) is 15.1. The summed E-state index contributed by atoms with van der Waals surface area (Å²) in [5.41, 5.74) is 0. The van der Waals surface area contributed by atoms with Gasteiger partial charge in [-0.1, -0.05) is 33.1 Å². The summed E-state index contributed by atoms with van der Waals surface area (Å²) in [5, 5.41) is 7.51. The predicted octanol–water partition coefficient (Wildman–Crippen LogP) is 1.07. The summed E-state index contributed by atoms with van der Waals surface area (Å²) >= 11 is 0. The number of hydrogen-bond donors (Lipinski definition) is 1. The normalized spacial score (nSPS) is 24.8. The van der Waals surface area contributed by atoms with Gasteiger partial charge in [-0.3, -0.25) is 4.79 Å². The van der Waals surface area contributed by atoms with Gasteiger partial charge >= 0.3 is 5.97 Å². The number of morpholine rings is 1. The summed E-state index contributed by atoms with van der Waals surface area (Å²) in [6.45, 7) is 3.71. The van der Waals surface area contributed by atoms with E-state index in [0.29, 0.717) is 12.8 Å². The number of carbonyl (C=O) groups is 2. The Balaban J connectivity index is 2.20. The molecule has 0 aromatic rings. The number of carbonyl (C=O) groups excluding carboxylic acids is 1. The van der Waals surface area contributed by atoms with Crippen LogP contribution >= 0.6 is 0 Å². The number of carboxylic acid groups (broad SMARTS) is 1. The van der Waals surface area contributed by atoms with Gasteiger partial charge in [0.1, 0.15) is 5.25 Å². The summed E-state index contributed by atoms with van der Waals surface area (Å²) in [6.07, 6.45) is 2.92. The Hall–Kier alpha value is -1.15. The molecule has 1 saturated heterocycles. The third-order valence-electron chi connectivity index (χ3n) is 4.87. The number of ether oxygens (including phenoxy) is 1. The van der Waals surface area contributed by atoms with Gasteiger partial charge in [0.05, 0.1) is 18.4 Å². The fraction of sp³-hybridized carbons (Fsp3) is 0.875. The van der Waals surface area contributed by atoms with Crippen LogP contribution < -0.4 is 0 Å². The van der Waals surface area contributed by atoms with Crippen LogP contribution in [0.5, 0.6) is 0 Å². The number of nitrogens with zero attached hydrogens (tertiary/aromatic N) is 1. The molecule has 138 valence electrons. The molecule has 2 atom stereocenters. The maximum absolute atomic E-state index is 13.0. The number of hydrogen-bond acceptors (Lipinski definition) is 5. The van der Waals surface area contributed by atoms with Crippen molar-refractivity contribution in [3.05, 3.63) is 0 Å². The zero-order valence-electron chi connectivity index (χ0n) is 14.3. The lowest BCUT2D eigenvalue weighted by molar-refractivity contribution is -0.159. The average Bonchev–Trinajstić information content (AvgIpc) is 2.55. The summed E-state index contributed by atoms with van der Waals surface area (Å²) in [6, 6.07) is 0. The van der Waals surface area contributed by atoms with Crippen LogP contribution in [-0.4, -0.2) is 66.6 Å². The molecule has 0 bridgehead atoms. The van der Waals surface area contributed by atoms with Crippen molar-refractivity contribution in [2.75, 3.05) is 19.7 Å². The van der Waals surface area contributed by atoms with E-state index in [9.17, 15) is 18.0 Å². The number of carboxylic acids is 1. The highest BCUT2D eigenvalue weighted by molar-refractivity contribution is 7.93. The first-order valence-electron chi connectivity index (χ1n) is 8.61. The first kappa shape index (κ1) is 19.2. The molecule has 0 aromatic heterocycles. The standard InChI is InChI=1S/C16H27NO6S/c1-11(2)14(24(21,22)12-6-4-3-5-7-12)15(18)17-8-9-23-13(10-17)16(19)20/h11-14H,3-10H2,1-2H3,(H,19,20)/t13-,14+/m0/s1. The van der Waals surface area contributed by atoms with E-state index in [0.717, 1.165) is 19.3 Å². The Morgan fingerprint density at radius 3 is 2.33 bits per heavy atom.